The zero-order chi connectivity index (χ0) is 19.6. The molecule has 2 rings (SSSR count). The molecule has 0 atom stereocenters. The molecule has 2 N–H and O–H groups in total. The SMILES string of the molecule is COc1ccc(NC(=NCc2ccccc2)NCC(=O)N(C)C)cc1OC. The second kappa shape index (κ2) is 10.1. The second-order valence-corrected chi connectivity index (χ2v) is 5.99. The molecule has 0 bridgehead atoms. The number of guanidine groups is 1. The summed E-state index contributed by atoms with van der Waals surface area (Å²) in [5.74, 6) is 1.70. The average molecular weight is 370 g/mol. The molecule has 144 valence electrons. The Kier molecular flexibility index (Phi) is 7.49. The Morgan fingerprint density at radius 3 is 2.37 bits per heavy atom. The van der Waals surface area contributed by atoms with Gasteiger partial charge in [0, 0.05) is 25.8 Å². The molecular formula is C20H26N4O3. The third-order valence-electron chi connectivity index (χ3n) is 3.81. The number of nitrogens with one attached hydrogen (secondary N) is 2. The molecule has 1 amide bonds. The minimum atomic E-state index is -0.0449. The lowest BCUT2D eigenvalue weighted by Crippen LogP contribution is -2.39. The molecule has 0 saturated carbocycles. The Morgan fingerprint density at radius 1 is 1.04 bits per heavy atom. The molecule has 0 saturated heterocycles. The topological polar surface area (TPSA) is 75.2 Å². The molecule has 2 aromatic rings. The summed E-state index contributed by atoms with van der Waals surface area (Å²) in [6, 6.07) is 15.4. The minimum absolute atomic E-state index is 0.0449. The van der Waals surface area contributed by atoms with Crippen LogP contribution in [-0.4, -0.2) is 51.6 Å². The number of hydrogen-bond donors (Lipinski definition) is 2. The zero-order valence-electron chi connectivity index (χ0n) is 16.2. The number of aliphatic imine (C=N–C) groups is 1. The predicted octanol–water partition coefficient (Wildman–Crippen LogP) is 2.35. The van der Waals surface area contributed by atoms with Crippen molar-refractivity contribution in [1.29, 1.82) is 0 Å². The molecule has 7 nitrogen and oxygen atoms in total. The number of likely N-dealkylation sites (N-methyl/N-ethyl adjacent to an activating group) is 1. The molecule has 7 heteroatoms. The lowest BCUT2D eigenvalue weighted by Gasteiger charge is -2.16. The van der Waals surface area contributed by atoms with Gasteiger partial charge in [0.05, 0.1) is 27.3 Å². The molecule has 2 aromatic carbocycles. The summed E-state index contributed by atoms with van der Waals surface area (Å²) in [6.07, 6.45) is 0. The summed E-state index contributed by atoms with van der Waals surface area (Å²) >= 11 is 0. The van der Waals surface area contributed by atoms with Crippen LogP contribution in [0.25, 0.3) is 0 Å². The lowest BCUT2D eigenvalue weighted by molar-refractivity contribution is -0.127. The van der Waals surface area contributed by atoms with Crippen molar-refractivity contribution < 1.29 is 14.3 Å². The van der Waals surface area contributed by atoms with E-state index in [2.05, 4.69) is 15.6 Å². The van der Waals surface area contributed by atoms with Gasteiger partial charge in [0.1, 0.15) is 0 Å². The number of anilines is 1. The van der Waals surface area contributed by atoms with Crippen molar-refractivity contribution in [3.05, 3.63) is 54.1 Å². The Hall–Kier alpha value is -3.22. The van der Waals surface area contributed by atoms with Crippen LogP contribution in [0.3, 0.4) is 0 Å². The van der Waals surface area contributed by atoms with Gasteiger partial charge in [-0.1, -0.05) is 30.3 Å². The molecule has 0 aliphatic carbocycles. The Morgan fingerprint density at radius 2 is 1.74 bits per heavy atom. The molecule has 0 aliphatic rings. The van der Waals surface area contributed by atoms with Crippen LogP contribution in [0, 0.1) is 0 Å². The normalized spacial score (nSPS) is 10.9. The largest absolute Gasteiger partial charge is 0.493 e. The van der Waals surface area contributed by atoms with Gasteiger partial charge in [0.15, 0.2) is 17.5 Å². The Balaban J connectivity index is 2.16. The van der Waals surface area contributed by atoms with Gasteiger partial charge in [-0.2, -0.15) is 0 Å². The van der Waals surface area contributed by atoms with E-state index in [0.717, 1.165) is 11.3 Å². The van der Waals surface area contributed by atoms with Gasteiger partial charge in [-0.15, -0.1) is 0 Å². The Bertz CT molecular complexity index is 776. The van der Waals surface area contributed by atoms with Crippen LogP contribution in [0.2, 0.25) is 0 Å². The van der Waals surface area contributed by atoms with Crippen molar-refractivity contribution >= 4 is 17.6 Å². The average Bonchev–Trinajstić information content (AvgIpc) is 2.70. The van der Waals surface area contributed by atoms with Crippen molar-refractivity contribution in [1.82, 2.24) is 10.2 Å². The van der Waals surface area contributed by atoms with Crippen molar-refractivity contribution in [3.8, 4) is 11.5 Å². The second-order valence-electron chi connectivity index (χ2n) is 5.99. The monoisotopic (exact) mass is 370 g/mol. The number of amides is 1. The highest BCUT2D eigenvalue weighted by atomic mass is 16.5. The lowest BCUT2D eigenvalue weighted by atomic mass is 10.2. The number of benzene rings is 2. The van der Waals surface area contributed by atoms with Crippen LogP contribution in [0.5, 0.6) is 11.5 Å². The molecule has 0 fully saturated rings. The molecule has 27 heavy (non-hydrogen) atoms. The van der Waals surface area contributed by atoms with Crippen molar-refractivity contribution in [2.24, 2.45) is 4.99 Å². The highest BCUT2D eigenvalue weighted by Gasteiger charge is 2.09. The number of carbonyl (C=O) groups excluding carboxylic acids is 1. The van der Waals surface area contributed by atoms with Crippen molar-refractivity contribution in [2.45, 2.75) is 6.54 Å². The van der Waals surface area contributed by atoms with Crippen LogP contribution in [0.1, 0.15) is 5.56 Å². The number of rotatable bonds is 7. The maximum atomic E-state index is 11.9. The van der Waals surface area contributed by atoms with E-state index in [9.17, 15) is 4.79 Å². The molecular weight excluding hydrogens is 344 g/mol. The summed E-state index contributed by atoms with van der Waals surface area (Å²) in [7, 11) is 6.60. The smallest absolute Gasteiger partial charge is 0.241 e. The third-order valence-corrected chi connectivity index (χ3v) is 3.81. The fourth-order valence-corrected chi connectivity index (χ4v) is 2.26. The van der Waals surface area contributed by atoms with Crippen molar-refractivity contribution in [2.75, 3.05) is 40.2 Å². The van der Waals surface area contributed by atoms with E-state index in [4.69, 9.17) is 9.47 Å². The number of hydrogen-bond acceptors (Lipinski definition) is 4. The van der Waals surface area contributed by atoms with Gasteiger partial charge >= 0.3 is 0 Å². The van der Waals surface area contributed by atoms with Crippen LogP contribution >= 0.6 is 0 Å². The summed E-state index contributed by atoms with van der Waals surface area (Å²) in [4.78, 5) is 18.0. The first kappa shape index (κ1) is 20.1. The minimum Gasteiger partial charge on any atom is -0.493 e. The van der Waals surface area contributed by atoms with E-state index in [-0.39, 0.29) is 12.5 Å². The Labute approximate surface area is 160 Å². The first-order valence-corrected chi connectivity index (χ1v) is 8.55. The highest BCUT2D eigenvalue weighted by molar-refractivity contribution is 5.96. The molecule has 0 spiro atoms. The number of methoxy groups -OCH3 is 2. The zero-order valence-corrected chi connectivity index (χ0v) is 16.2. The summed E-state index contributed by atoms with van der Waals surface area (Å²) < 4.78 is 10.6. The van der Waals surface area contributed by atoms with E-state index >= 15 is 0 Å². The van der Waals surface area contributed by atoms with E-state index in [1.165, 1.54) is 4.90 Å². The highest BCUT2D eigenvalue weighted by Crippen LogP contribution is 2.29. The van der Waals surface area contributed by atoms with E-state index in [0.29, 0.717) is 24.0 Å². The van der Waals surface area contributed by atoms with Crippen LogP contribution in [-0.2, 0) is 11.3 Å². The first-order valence-electron chi connectivity index (χ1n) is 8.55. The van der Waals surface area contributed by atoms with Gasteiger partial charge in [-0.05, 0) is 17.7 Å². The standard InChI is InChI=1S/C20H26N4O3/c1-24(2)19(25)14-22-20(21-13-15-8-6-5-7-9-15)23-16-10-11-17(26-3)18(12-16)27-4/h5-12H,13-14H2,1-4H3,(H2,21,22,23). The molecule has 0 unspecified atom stereocenters. The summed E-state index contributed by atoms with van der Waals surface area (Å²) in [5.41, 5.74) is 1.84. The van der Waals surface area contributed by atoms with Gasteiger partial charge in [0.2, 0.25) is 5.91 Å². The maximum absolute atomic E-state index is 11.9. The fraction of sp³-hybridized carbons (Fsp3) is 0.300. The molecule has 0 heterocycles. The van der Waals surface area contributed by atoms with Gasteiger partial charge in [-0.3, -0.25) is 4.79 Å². The van der Waals surface area contributed by atoms with Crippen LogP contribution in [0.15, 0.2) is 53.5 Å². The van der Waals surface area contributed by atoms with Crippen LogP contribution in [0.4, 0.5) is 5.69 Å². The third kappa shape index (κ3) is 6.22. The molecule has 0 aliphatic heterocycles. The van der Waals surface area contributed by atoms with E-state index in [1.807, 2.05) is 42.5 Å². The summed E-state index contributed by atoms with van der Waals surface area (Å²) in [5, 5.41) is 6.26. The number of nitrogens with zero attached hydrogens (tertiary/aromatic N) is 2. The quantitative estimate of drug-likeness (QED) is 0.578. The van der Waals surface area contributed by atoms with Crippen molar-refractivity contribution in [3.63, 3.8) is 0 Å². The summed E-state index contributed by atoms with van der Waals surface area (Å²) in [6.45, 7) is 0.626. The molecule has 0 radical (unpaired) electrons. The number of ether oxygens (including phenoxy) is 2. The van der Waals surface area contributed by atoms with Gasteiger partial charge in [0.25, 0.3) is 0 Å². The van der Waals surface area contributed by atoms with Crippen LogP contribution < -0.4 is 20.1 Å². The first-order chi connectivity index (χ1) is 13.0. The molecule has 0 aromatic heterocycles. The van der Waals surface area contributed by atoms with Gasteiger partial charge < -0.3 is 25.0 Å². The maximum Gasteiger partial charge on any atom is 0.241 e. The predicted molar refractivity (Wildman–Crippen MR) is 107 cm³/mol. The van der Waals surface area contributed by atoms with E-state index in [1.54, 1.807) is 34.4 Å². The number of carbonyl (C=O) groups is 1. The van der Waals surface area contributed by atoms with Gasteiger partial charge in [-0.25, -0.2) is 4.99 Å². The van der Waals surface area contributed by atoms with E-state index < -0.39 is 0 Å². The fourth-order valence-electron chi connectivity index (χ4n) is 2.26.